The molecule has 27 heavy (non-hydrogen) atoms. The van der Waals surface area contributed by atoms with Gasteiger partial charge in [0.1, 0.15) is 5.82 Å². The maximum Gasteiger partial charge on any atom is 0.334 e. The number of benzene rings is 2. The molecule has 0 aliphatic carbocycles. The first-order chi connectivity index (χ1) is 12.7. The Balaban J connectivity index is 1.70. The maximum absolute atomic E-state index is 13.2. The molecule has 1 heterocycles. The number of hydrogen-bond acceptors (Lipinski definition) is 5. The zero-order chi connectivity index (χ0) is 19.6. The lowest BCUT2D eigenvalue weighted by Gasteiger charge is -2.07. The molecule has 3 rings (SSSR count). The Hall–Kier alpha value is -2.92. The highest BCUT2D eigenvalue weighted by Gasteiger charge is 2.20. The lowest BCUT2D eigenvalue weighted by Crippen LogP contribution is -2.34. The molecule has 6 nitrogen and oxygen atoms in total. The summed E-state index contributed by atoms with van der Waals surface area (Å²) in [5, 5.41) is 3.91. The van der Waals surface area contributed by atoms with Crippen LogP contribution in [0.2, 0.25) is 0 Å². The van der Waals surface area contributed by atoms with Crippen molar-refractivity contribution >= 4 is 32.5 Å². The number of carbonyl (C=O) groups is 1. The summed E-state index contributed by atoms with van der Waals surface area (Å²) >= 11 is 1.02. The number of nitrogens with one attached hydrogen (secondary N) is 2. The molecule has 1 aromatic heterocycles. The lowest BCUT2D eigenvalue weighted by molar-refractivity contribution is 0.256. The van der Waals surface area contributed by atoms with Crippen LogP contribution >= 0.6 is 11.3 Å². The van der Waals surface area contributed by atoms with Crippen LogP contribution in [0, 0.1) is 17.5 Å². The van der Waals surface area contributed by atoms with Gasteiger partial charge < -0.3 is 0 Å². The van der Waals surface area contributed by atoms with Gasteiger partial charge in [0.05, 0.1) is 10.6 Å². The predicted octanol–water partition coefficient (Wildman–Crippen LogP) is 3.74. The zero-order valence-corrected chi connectivity index (χ0v) is 14.9. The predicted molar refractivity (Wildman–Crippen MR) is 93.2 cm³/mol. The van der Waals surface area contributed by atoms with Gasteiger partial charge >= 0.3 is 6.03 Å². The van der Waals surface area contributed by atoms with Crippen LogP contribution in [0.4, 0.5) is 23.1 Å². The molecule has 0 radical (unpaired) electrons. The van der Waals surface area contributed by atoms with E-state index in [1.165, 1.54) is 24.3 Å². The molecule has 2 aromatic carbocycles. The van der Waals surface area contributed by atoms with Gasteiger partial charge in [-0.25, -0.2) is 36.1 Å². The number of urea groups is 1. The van der Waals surface area contributed by atoms with Crippen LogP contribution in [0.25, 0.3) is 11.3 Å². The van der Waals surface area contributed by atoms with Crippen molar-refractivity contribution in [2.75, 3.05) is 5.32 Å². The van der Waals surface area contributed by atoms with Gasteiger partial charge in [-0.1, -0.05) is 0 Å². The Bertz CT molecular complexity index is 1100. The first-order valence-corrected chi connectivity index (χ1v) is 9.61. The van der Waals surface area contributed by atoms with Crippen molar-refractivity contribution in [1.82, 2.24) is 9.71 Å². The van der Waals surface area contributed by atoms with E-state index in [0.29, 0.717) is 23.4 Å². The fourth-order valence-corrected chi connectivity index (χ4v) is 3.67. The van der Waals surface area contributed by atoms with Gasteiger partial charge in [0.25, 0.3) is 10.0 Å². The molecule has 0 aliphatic rings. The number of hydrogen-bond donors (Lipinski definition) is 2. The standard InChI is InChI=1S/C16H10F3N3O3S2/c17-10-3-1-9(2-4-10)14-8-26-16(20-14)21-15(23)22-27(24,25)11-5-6-12(18)13(19)7-11/h1-8H,(H2,20,21,22,23). The van der Waals surface area contributed by atoms with Crippen molar-refractivity contribution < 1.29 is 26.4 Å². The van der Waals surface area contributed by atoms with Crippen molar-refractivity contribution in [3.8, 4) is 11.3 Å². The number of halogens is 3. The summed E-state index contributed by atoms with van der Waals surface area (Å²) in [7, 11) is -4.40. The Kier molecular flexibility index (Phi) is 5.15. The molecular weight excluding hydrogens is 403 g/mol. The Morgan fingerprint density at radius 1 is 1.00 bits per heavy atom. The topological polar surface area (TPSA) is 88.2 Å². The van der Waals surface area contributed by atoms with Crippen LogP contribution in [0.1, 0.15) is 0 Å². The van der Waals surface area contributed by atoms with Crippen molar-refractivity contribution in [1.29, 1.82) is 0 Å². The number of rotatable bonds is 4. The fraction of sp³-hybridized carbons (Fsp3) is 0. The molecule has 140 valence electrons. The summed E-state index contributed by atoms with van der Waals surface area (Å²) in [6, 6.07) is 6.30. The average Bonchev–Trinajstić information content (AvgIpc) is 3.05. The van der Waals surface area contributed by atoms with Crippen LogP contribution in [-0.2, 0) is 10.0 Å². The minimum atomic E-state index is -4.40. The Morgan fingerprint density at radius 2 is 1.70 bits per heavy atom. The maximum atomic E-state index is 13.2. The third-order valence-electron chi connectivity index (χ3n) is 3.29. The quantitative estimate of drug-likeness (QED) is 0.682. The molecule has 0 atom stereocenters. The highest BCUT2D eigenvalue weighted by Crippen LogP contribution is 2.25. The first kappa shape index (κ1) is 18.9. The van der Waals surface area contributed by atoms with Gasteiger partial charge in [-0.05, 0) is 42.5 Å². The first-order valence-electron chi connectivity index (χ1n) is 7.25. The monoisotopic (exact) mass is 413 g/mol. The van der Waals surface area contributed by atoms with Crippen molar-refractivity contribution in [2.45, 2.75) is 4.90 Å². The molecule has 0 saturated carbocycles. The highest BCUT2D eigenvalue weighted by atomic mass is 32.2. The third kappa shape index (κ3) is 4.44. The zero-order valence-electron chi connectivity index (χ0n) is 13.2. The number of carbonyl (C=O) groups excluding carboxylic acids is 1. The normalized spacial score (nSPS) is 11.2. The Morgan fingerprint density at radius 3 is 2.37 bits per heavy atom. The van der Waals surface area contributed by atoms with E-state index in [4.69, 9.17) is 0 Å². The van der Waals surface area contributed by atoms with E-state index in [-0.39, 0.29) is 5.13 Å². The van der Waals surface area contributed by atoms with Crippen molar-refractivity contribution in [2.24, 2.45) is 0 Å². The van der Waals surface area contributed by atoms with Crippen molar-refractivity contribution in [3.63, 3.8) is 0 Å². The van der Waals surface area contributed by atoms with Crippen molar-refractivity contribution in [3.05, 3.63) is 65.3 Å². The number of amides is 2. The second kappa shape index (κ2) is 7.37. The van der Waals surface area contributed by atoms with Gasteiger partial charge in [-0.3, -0.25) is 5.32 Å². The molecule has 0 aliphatic heterocycles. The molecule has 0 bridgehead atoms. The molecule has 0 spiro atoms. The largest absolute Gasteiger partial charge is 0.334 e. The number of sulfonamides is 1. The van der Waals surface area contributed by atoms with E-state index >= 15 is 0 Å². The minimum absolute atomic E-state index is 0.0901. The van der Waals surface area contributed by atoms with E-state index in [9.17, 15) is 26.4 Å². The minimum Gasteiger partial charge on any atom is -0.283 e. The fourth-order valence-electron chi connectivity index (χ4n) is 2.03. The highest BCUT2D eigenvalue weighted by molar-refractivity contribution is 7.90. The van der Waals surface area contributed by atoms with E-state index in [1.54, 1.807) is 10.1 Å². The van der Waals surface area contributed by atoms with E-state index < -0.39 is 38.4 Å². The molecule has 0 saturated heterocycles. The van der Waals surface area contributed by atoms with Crippen LogP contribution in [-0.4, -0.2) is 19.4 Å². The summed E-state index contributed by atoms with van der Waals surface area (Å²) in [5.74, 6) is -2.98. The van der Waals surface area contributed by atoms with E-state index in [2.05, 4.69) is 10.3 Å². The number of anilines is 1. The van der Waals surface area contributed by atoms with E-state index in [0.717, 1.165) is 17.4 Å². The van der Waals surface area contributed by atoms with Gasteiger partial charge in [-0.2, -0.15) is 0 Å². The second-order valence-corrected chi connectivity index (χ2v) is 7.72. The summed E-state index contributed by atoms with van der Waals surface area (Å²) in [5.41, 5.74) is 1.06. The summed E-state index contributed by atoms with van der Waals surface area (Å²) in [6.07, 6.45) is 0. The molecule has 0 unspecified atom stereocenters. The number of aromatic nitrogens is 1. The number of nitrogens with zero attached hydrogens (tertiary/aromatic N) is 1. The SMILES string of the molecule is O=C(Nc1nc(-c2ccc(F)cc2)cs1)NS(=O)(=O)c1ccc(F)c(F)c1. The van der Waals surface area contributed by atoms with Gasteiger partial charge in [-0.15, -0.1) is 11.3 Å². The van der Waals surface area contributed by atoms with Gasteiger partial charge in [0, 0.05) is 10.9 Å². The lowest BCUT2D eigenvalue weighted by atomic mass is 10.2. The Labute approximate surface area is 155 Å². The van der Waals surface area contributed by atoms with Crippen LogP contribution in [0.5, 0.6) is 0 Å². The smallest absolute Gasteiger partial charge is 0.283 e. The summed E-state index contributed by atoms with van der Waals surface area (Å²) < 4.78 is 64.8. The molecule has 2 N–H and O–H groups in total. The molecule has 0 fully saturated rings. The number of thiazole rings is 1. The van der Waals surface area contributed by atoms with Crippen LogP contribution in [0.15, 0.2) is 52.7 Å². The third-order valence-corrected chi connectivity index (χ3v) is 5.38. The van der Waals surface area contributed by atoms with Crippen LogP contribution < -0.4 is 10.0 Å². The second-order valence-electron chi connectivity index (χ2n) is 5.18. The molecular formula is C16H10F3N3O3S2. The summed E-state index contributed by atoms with van der Waals surface area (Å²) in [4.78, 5) is 15.4. The summed E-state index contributed by atoms with van der Waals surface area (Å²) in [6.45, 7) is 0. The van der Waals surface area contributed by atoms with E-state index in [1.807, 2.05) is 0 Å². The molecule has 2 amide bonds. The van der Waals surface area contributed by atoms with Gasteiger partial charge in [0.2, 0.25) is 0 Å². The molecule has 3 aromatic rings. The average molecular weight is 413 g/mol. The molecule has 11 heteroatoms. The van der Waals surface area contributed by atoms with Gasteiger partial charge in [0.15, 0.2) is 16.8 Å². The van der Waals surface area contributed by atoms with Crippen LogP contribution in [0.3, 0.4) is 0 Å².